The molecule has 1 heteroatoms. The summed E-state index contributed by atoms with van der Waals surface area (Å²) in [4.78, 5) is 0. The summed E-state index contributed by atoms with van der Waals surface area (Å²) in [5.41, 5.74) is 3.82. The fourth-order valence-corrected chi connectivity index (χ4v) is 1.38. The summed E-state index contributed by atoms with van der Waals surface area (Å²) in [6.07, 6.45) is 4.16. The van der Waals surface area contributed by atoms with Crippen LogP contribution in [0.25, 0.3) is 6.08 Å². The van der Waals surface area contributed by atoms with E-state index in [-0.39, 0.29) is 0 Å². The van der Waals surface area contributed by atoms with Gasteiger partial charge in [-0.3, -0.25) is 0 Å². The van der Waals surface area contributed by atoms with E-state index in [1.54, 1.807) is 0 Å². The fraction of sp³-hybridized carbons (Fsp3) is 0.273. The Bertz CT molecular complexity index is 337. The summed E-state index contributed by atoms with van der Waals surface area (Å²) < 4.78 is 5.47. The van der Waals surface area contributed by atoms with E-state index in [1.807, 2.05) is 6.08 Å². The van der Waals surface area contributed by atoms with E-state index in [4.69, 9.17) is 4.74 Å². The van der Waals surface area contributed by atoms with E-state index in [1.165, 1.54) is 16.7 Å². The molecule has 0 bridgehead atoms. The Labute approximate surface area is 72.7 Å². The number of fused-ring (bicyclic) bond motifs is 1. The Kier molecular flexibility index (Phi) is 1.65. The molecule has 0 spiro atoms. The summed E-state index contributed by atoms with van der Waals surface area (Å²) in [5, 5.41) is 0. The van der Waals surface area contributed by atoms with Crippen LogP contribution in [0, 0.1) is 13.8 Å². The standard InChI is InChI=1S/C11H12O/c1-8-6-10-4-3-5-12-11(10)7-9(8)2/h3-4,6-7H,5H2,1-2H3. The molecule has 1 aliphatic rings. The van der Waals surface area contributed by atoms with Gasteiger partial charge in [-0.2, -0.15) is 0 Å². The number of hydrogen-bond acceptors (Lipinski definition) is 1. The Morgan fingerprint density at radius 3 is 2.75 bits per heavy atom. The molecule has 0 amide bonds. The first-order valence-corrected chi connectivity index (χ1v) is 4.18. The van der Waals surface area contributed by atoms with Gasteiger partial charge in [0.1, 0.15) is 12.4 Å². The Morgan fingerprint density at radius 1 is 1.17 bits per heavy atom. The van der Waals surface area contributed by atoms with Crippen LogP contribution in [0.2, 0.25) is 0 Å². The van der Waals surface area contributed by atoms with Crippen LogP contribution < -0.4 is 4.74 Å². The van der Waals surface area contributed by atoms with Crippen LogP contribution in [-0.4, -0.2) is 6.61 Å². The van der Waals surface area contributed by atoms with Gasteiger partial charge >= 0.3 is 0 Å². The first kappa shape index (κ1) is 7.41. The zero-order valence-electron chi connectivity index (χ0n) is 7.42. The Morgan fingerprint density at radius 2 is 1.92 bits per heavy atom. The van der Waals surface area contributed by atoms with Gasteiger partial charge in [-0.05, 0) is 43.2 Å². The lowest BCUT2D eigenvalue weighted by Gasteiger charge is -2.14. The molecule has 1 heterocycles. The second kappa shape index (κ2) is 2.67. The number of ether oxygens (including phenoxy) is 1. The van der Waals surface area contributed by atoms with Crippen LogP contribution in [0.5, 0.6) is 5.75 Å². The molecule has 1 nitrogen and oxygen atoms in total. The average molecular weight is 160 g/mol. The predicted molar refractivity (Wildman–Crippen MR) is 50.4 cm³/mol. The molecular formula is C11H12O. The van der Waals surface area contributed by atoms with Crippen LogP contribution in [0.1, 0.15) is 16.7 Å². The Hall–Kier alpha value is -1.24. The molecule has 0 radical (unpaired) electrons. The minimum Gasteiger partial charge on any atom is -0.489 e. The summed E-state index contributed by atoms with van der Waals surface area (Å²) >= 11 is 0. The van der Waals surface area contributed by atoms with Crippen molar-refractivity contribution in [2.45, 2.75) is 13.8 Å². The van der Waals surface area contributed by atoms with Crippen molar-refractivity contribution in [3.05, 3.63) is 34.9 Å². The maximum absolute atomic E-state index is 5.47. The Balaban J connectivity index is 2.58. The lowest BCUT2D eigenvalue weighted by atomic mass is 10.0. The zero-order chi connectivity index (χ0) is 8.55. The normalized spacial score (nSPS) is 13.8. The van der Waals surface area contributed by atoms with E-state index in [2.05, 4.69) is 32.1 Å². The van der Waals surface area contributed by atoms with Crippen molar-refractivity contribution < 1.29 is 4.74 Å². The molecule has 0 atom stereocenters. The molecule has 0 aromatic heterocycles. The van der Waals surface area contributed by atoms with Crippen LogP contribution in [0.15, 0.2) is 18.2 Å². The van der Waals surface area contributed by atoms with Crippen molar-refractivity contribution in [3.8, 4) is 5.75 Å². The molecule has 0 saturated carbocycles. The van der Waals surface area contributed by atoms with E-state index < -0.39 is 0 Å². The molecule has 2 rings (SSSR count). The lowest BCUT2D eigenvalue weighted by molar-refractivity contribution is 0.358. The third-order valence-electron chi connectivity index (χ3n) is 2.26. The quantitative estimate of drug-likeness (QED) is 0.567. The maximum atomic E-state index is 5.47. The average Bonchev–Trinajstić information content (AvgIpc) is 2.07. The molecule has 0 N–H and O–H groups in total. The first-order chi connectivity index (χ1) is 5.77. The number of hydrogen-bond donors (Lipinski definition) is 0. The number of benzene rings is 1. The zero-order valence-corrected chi connectivity index (χ0v) is 7.42. The second-order valence-corrected chi connectivity index (χ2v) is 3.19. The van der Waals surface area contributed by atoms with Gasteiger partial charge in [0.2, 0.25) is 0 Å². The topological polar surface area (TPSA) is 9.23 Å². The highest BCUT2D eigenvalue weighted by Crippen LogP contribution is 2.26. The summed E-state index contributed by atoms with van der Waals surface area (Å²) in [6, 6.07) is 4.27. The third-order valence-corrected chi connectivity index (χ3v) is 2.26. The molecule has 1 aromatic rings. The highest BCUT2D eigenvalue weighted by Gasteiger charge is 2.06. The van der Waals surface area contributed by atoms with E-state index >= 15 is 0 Å². The minimum absolute atomic E-state index is 0.704. The highest BCUT2D eigenvalue weighted by atomic mass is 16.5. The second-order valence-electron chi connectivity index (χ2n) is 3.19. The van der Waals surface area contributed by atoms with Crippen molar-refractivity contribution in [2.24, 2.45) is 0 Å². The van der Waals surface area contributed by atoms with Crippen molar-refractivity contribution in [1.29, 1.82) is 0 Å². The molecular weight excluding hydrogens is 148 g/mol. The van der Waals surface area contributed by atoms with Crippen molar-refractivity contribution in [2.75, 3.05) is 6.61 Å². The van der Waals surface area contributed by atoms with E-state index in [0.717, 1.165) is 5.75 Å². The van der Waals surface area contributed by atoms with E-state index in [9.17, 15) is 0 Å². The SMILES string of the molecule is Cc1cc2c(cc1C)OCC=C2. The molecule has 0 fully saturated rings. The van der Waals surface area contributed by atoms with Gasteiger partial charge in [0.25, 0.3) is 0 Å². The van der Waals surface area contributed by atoms with Crippen molar-refractivity contribution >= 4 is 6.08 Å². The number of rotatable bonds is 0. The van der Waals surface area contributed by atoms with Crippen molar-refractivity contribution in [1.82, 2.24) is 0 Å². The molecule has 12 heavy (non-hydrogen) atoms. The minimum atomic E-state index is 0.704. The largest absolute Gasteiger partial charge is 0.489 e. The van der Waals surface area contributed by atoms with Gasteiger partial charge in [0, 0.05) is 5.56 Å². The molecule has 0 unspecified atom stereocenters. The molecule has 1 aliphatic heterocycles. The smallest absolute Gasteiger partial charge is 0.127 e. The van der Waals surface area contributed by atoms with Gasteiger partial charge in [0.05, 0.1) is 0 Å². The predicted octanol–water partition coefficient (Wildman–Crippen LogP) is 2.71. The fourth-order valence-electron chi connectivity index (χ4n) is 1.38. The van der Waals surface area contributed by atoms with Crippen LogP contribution in [0.3, 0.4) is 0 Å². The van der Waals surface area contributed by atoms with E-state index in [0.29, 0.717) is 6.61 Å². The summed E-state index contributed by atoms with van der Waals surface area (Å²) in [5.74, 6) is 1.01. The highest BCUT2D eigenvalue weighted by molar-refractivity contribution is 5.61. The molecule has 0 saturated heterocycles. The third kappa shape index (κ3) is 1.11. The molecule has 62 valence electrons. The lowest BCUT2D eigenvalue weighted by Crippen LogP contribution is -2.01. The van der Waals surface area contributed by atoms with Crippen LogP contribution in [-0.2, 0) is 0 Å². The van der Waals surface area contributed by atoms with Gasteiger partial charge in [-0.15, -0.1) is 0 Å². The molecule has 0 aliphatic carbocycles. The van der Waals surface area contributed by atoms with Gasteiger partial charge in [-0.25, -0.2) is 0 Å². The van der Waals surface area contributed by atoms with Gasteiger partial charge in [-0.1, -0.05) is 6.08 Å². The summed E-state index contributed by atoms with van der Waals surface area (Å²) in [6.45, 7) is 4.94. The van der Waals surface area contributed by atoms with Gasteiger partial charge < -0.3 is 4.74 Å². The van der Waals surface area contributed by atoms with Crippen molar-refractivity contribution in [3.63, 3.8) is 0 Å². The first-order valence-electron chi connectivity index (χ1n) is 4.18. The van der Waals surface area contributed by atoms with Crippen LogP contribution in [0.4, 0.5) is 0 Å². The van der Waals surface area contributed by atoms with Gasteiger partial charge in [0.15, 0.2) is 0 Å². The monoisotopic (exact) mass is 160 g/mol. The van der Waals surface area contributed by atoms with Crippen LogP contribution >= 0.6 is 0 Å². The molecule has 1 aromatic carbocycles. The maximum Gasteiger partial charge on any atom is 0.127 e. The summed E-state index contributed by atoms with van der Waals surface area (Å²) in [7, 11) is 0. The number of aryl methyl sites for hydroxylation is 2.